The lowest BCUT2D eigenvalue weighted by atomic mass is 9.57. The van der Waals surface area contributed by atoms with E-state index in [9.17, 15) is 8.78 Å². The number of alkyl halides is 2. The van der Waals surface area contributed by atoms with Crippen molar-refractivity contribution in [3.8, 4) is 0 Å². The molecular weight excluding hydrogens is 234 g/mol. The minimum Gasteiger partial charge on any atom is -0.366 e. The van der Waals surface area contributed by atoms with Crippen LogP contribution in [0.15, 0.2) is 24.6 Å². The lowest BCUT2D eigenvalue weighted by Crippen LogP contribution is -2.60. The molecule has 0 aromatic rings. The van der Waals surface area contributed by atoms with Crippen molar-refractivity contribution in [3.63, 3.8) is 0 Å². The third-order valence-corrected chi connectivity index (χ3v) is 3.95. The van der Waals surface area contributed by atoms with Crippen LogP contribution in [0.25, 0.3) is 0 Å². The van der Waals surface area contributed by atoms with Crippen molar-refractivity contribution in [1.82, 2.24) is 10.6 Å². The molecule has 102 valence electrons. The Morgan fingerprint density at radius 3 is 2.61 bits per heavy atom. The Morgan fingerprint density at radius 2 is 2.17 bits per heavy atom. The third-order valence-electron chi connectivity index (χ3n) is 3.95. The Hall–Kier alpha value is -0.900. The number of nitrogens with one attached hydrogen (secondary N) is 2. The van der Waals surface area contributed by atoms with Gasteiger partial charge in [-0.05, 0) is 43.7 Å². The fourth-order valence-electron chi connectivity index (χ4n) is 3.02. The molecule has 0 aromatic carbocycles. The highest BCUT2D eigenvalue weighted by atomic mass is 19.3. The molecule has 1 aliphatic heterocycles. The van der Waals surface area contributed by atoms with E-state index in [0.717, 1.165) is 32.1 Å². The zero-order valence-corrected chi connectivity index (χ0v) is 10.9. The molecule has 0 atom stereocenters. The van der Waals surface area contributed by atoms with Crippen LogP contribution in [-0.2, 0) is 0 Å². The van der Waals surface area contributed by atoms with Gasteiger partial charge in [-0.15, -0.1) is 0 Å². The van der Waals surface area contributed by atoms with Gasteiger partial charge in [0.05, 0.1) is 0 Å². The Labute approximate surface area is 108 Å². The summed E-state index contributed by atoms with van der Waals surface area (Å²) in [7, 11) is 0. The summed E-state index contributed by atoms with van der Waals surface area (Å²) in [6.45, 7) is 6.81. The highest BCUT2D eigenvalue weighted by Gasteiger charge is 2.48. The first-order valence-electron chi connectivity index (χ1n) is 6.57. The molecule has 2 rings (SSSR count). The summed E-state index contributed by atoms with van der Waals surface area (Å²) in [5.74, 6) is -2.00. The summed E-state index contributed by atoms with van der Waals surface area (Å²) < 4.78 is 25.7. The number of rotatable bonds is 6. The van der Waals surface area contributed by atoms with Crippen LogP contribution in [0.3, 0.4) is 0 Å². The van der Waals surface area contributed by atoms with Crippen molar-refractivity contribution >= 4 is 0 Å². The number of halogens is 2. The number of hydrogen-bond donors (Lipinski definition) is 2. The van der Waals surface area contributed by atoms with Crippen LogP contribution in [0.5, 0.6) is 0 Å². The van der Waals surface area contributed by atoms with Crippen molar-refractivity contribution < 1.29 is 8.78 Å². The van der Waals surface area contributed by atoms with Gasteiger partial charge in [-0.3, -0.25) is 0 Å². The van der Waals surface area contributed by atoms with Crippen LogP contribution in [0.2, 0.25) is 0 Å². The molecule has 2 fully saturated rings. The molecule has 1 saturated heterocycles. The quantitative estimate of drug-likeness (QED) is 0.763. The summed E-state index contributed by atoms with van der Waals surface area (Å²) >= 11 is 0. The largest absolute Gasteiger partial charge is 0.366 e. The maximum atomic E-state index is 12.8. The zero-order valence-electron chi connectivity index (χ0n) is 10.9. The molecule has 2 nitrogen and oxygen atoms in total. The van der Waals surface area contributed by atoms with Gasteiger partial charge < -0.3 is 10.6 Å². The minimum atomic E-state index is -2.63. The van der Waals surface area contributed by atoms with E-state index in [1.807, 2.05) is 0 Å². The molecule has 0 radical (unpaired) electrons. The van der Waals surface area contributed by atoms with Crippen LogP contribution in [0, 0.1) is 11.3 Å². The molecule has 0 unspecified atom stereocenters. The summed E-state index contributed by atoms with van der Waals surface area (Å²) in [6.07, 6.45) is 6.29. The van der Waals surface area contributed by atoms with Gasteiger partial charge in [-0.25, -0.2) is 8.78 Å². The Morgan fingerprint density at radius 1 is 1.50 bits per heavy atom. The number of allylic oxidation sites excluding steroid dienone is 2. The fraction of sp³-hybridized carbons (Fsp3) is 0.714. The Kier molecular flexibility index (Phi) is 3.76. The van der Waals surface area contributed by atoms with E-state index in [1.165, 1.54) is 12.8 Å². The van der Waals surface area contributed by atoms with Crippen molar-refractivity contribution in [1.29, 1.82) is 0 Å². The van der Waals surface area contributed by atoms with Gasteiger partial charge in [0.25, 0.3) is 0 Å². The average molecular weight is 256 g/mol. The third kappa shape index (κ3) is 3.31. The van der Waals surface area contributed by atoms with E-state index in [4.69, 9.17) is 0 Å². The SMILES string of the molecule is C=CN/C(=C\CC(C)(F)F)CC1CC2(CNC2)C1. The second kappa shape index (κ2) is 5.00. The predicted molar refractivity (Wildman–Crippen MR) is 69.3 cm³/mol. The first-order valence-corrected chi connectivity index (χ1v) is 6.57. The molecule has 0 aromatic heterocycles. The van der Waals surface area contributed by atoms with Crippen molar-refractivity contribution in [2.24, 2.45) is 11.3 Å². The van der Waals surface area contributed by atoms with Gasteiger partial charge in [-0.1, -0.05) is 12.7 Å². The van der Waals surface area contributed by atoms with Gasteiger partial charge in [0.15, 0.2) is 0 Å². The van der Waals surface area contributed by atoms with Crippen molar-refractivity contribution in [3.05, 3.63) is 24.6 Å². The average Bonchev–Trinajstić information content (AvgIpc) is 2.14. The minimum absolute atomic E-state index is 0.206. The smallest absolute Gasteiger partial charge is 0.248 e. The van der Waals surface area contributed by atoms with Gasteiger partial charge in [-0.2, -0.15) is 0 Å². The van der Waals surface area contributed by atoms with Crippen molar-refractivity contribution in [2.45, 2.75) is 38.5 Å². The van der Waals surface area contributed by atoms with Crippen LogP contribution < -0.4 is 10.6 Å². The standard InChI is InChI=1S/C14H22F2N2/c1-3-18-12(4-5-13(2,15)16)6-11-7-14(8-11)9-17-10-14/h3-4,11,17-18H,1,5-10H2,2H3/b12-4-. The first-order chi connectivity index (χ1) is 8.42. The molecule has 1 saturated carbocycles. The molecule has 1 heterocycles. The van der Waals surface area contributed by atoms with Crippen LogP contribution in [0.4, 0.5) is 8.78 Å². The van der Waals surface area contributed by atoms with Gasteiger partial charge in [0.2, 0.25) is 5.92 Å². The Balaban J connectivity index is 1.81. The highest BCUT2D eigenvalue weighted by Crippen LogP contribution is 2.50. The fourth-order valence-corrected chi connectivity index (χ4v) is 3.02. The van der Waals surface area contributed by atoms with Gasteiger partial charge in [0, 0.05) is 25.2 Å². The second-order valence-corrected chi connectivity index (χ2v) is 5.93. The maximum absolute atomic E-state index is 12.8. The normalized spacial score (nSPS) is 23.4. The lowest BCUT2D eigenvalue weighted by molar-refractivity contribution is -0.0000266. The molecule has 18 heavy (non-hydrogen) atoms. The molecule has 0 amide bonds. The first kappa shape index (κ1) is 13.5. The summed E-state index contributed by atoms with van der Waals surface area (Å²) in [5.41, 5.74) is 1.43. The van der Waals surface area contributed by atoms with E-state index in [0.29, 0.717) is 11.3 Å². The van der Waals surface area contributed by atoms with E-state index in [2.05, 4.69) is 17.2 Å². The molecule has 4 heteroatoms. The maximum Gasteiger partial charge on any atom is 0.248 e. The number of hydrogen-bond acceptors (Lipinski definition) is 2. The van der Waals surface area contributed by atoms with Crippen molar-refractivity contribution in [2.75, 3.05) is 13.1 Å². The van der Waals surface area contributed by atoms with Crippen LogP contribution >= 0.6 is 0 Å². The van der Waals surface area contributed by atoms with E-state index in [-0.39, 0.29) is 6.42 Å². The molecule has 2 aliphatic rings. The Bertz CT molecular complexity index is 332. The van der Waals surface area contributed by atoms with E-state index < -0.39 is 5.92 Å². The second-order valence-electron chi connectivity index (χ2n) is 5.93. The summed E-state index contributed by atoms with van der Waals surface area (Å²) in [4.78, 5) is 0. The molecule has 2 N–H and O–H groups in total. The molecular formula is C14H22F2N2. The van der Waals surface area contributed by atoms with Crippen LogP contribution in [0.1, 0.15) is 32.6 Å². The van der Waals surface area contributed by atoms with Gasteiger partial charge >= 0.3 is 0 Å². The zero-order chi connectivity index (χ0) is 13.2. The summed E-state index contributed by atoms with van der Waals surface area (Å²) in [6, 6.07) is 0. The van der Waals surface area contributed by atoms with Crippen LogP contribution in [-0.4, -0.2) is 19.0 Å². The molecule has 1 aliphatic carbocycles. The monoisotopic (exact) mass is 256 g/mol. The topological polar surface area (TPSA) is 24.1 Å². The predicted octanol–water partition coefficient (Wildman–Crippen LogP) is 3.04. The van der Waals surface area contributed by atoms with Gasteiger partial charge in [0.1, 0.15) is 0 Å². The molecule has 1 spiro atoms. The lowest BCUT2D eigenvalue weighted by Gasteiger charge is -2.54. The highest BCUT2D eigenvalue weighted by molar-refractivity contribution is 5.10. The van der Waals surface area contributed by atoms with E-state index in [1.54, 1.807) is 12.3 Å². The molecule has 0 bridgehead atoms. The van der Waals surface area contributed by atoms with E-state index >= 15 is 0 Å². The summed E-state index contributed by atoms with van der Waals surface area (Å²) in [5, 5.41) is 6.30.